The van der Waals surface area contributed by atoms with Crippen molar-refractivity contribution in [3.63, 3.8) is 0 Å². The van der Waals surface area contributed by atoms with Gasteiger partial charge in [0.2, 0.25) is 0 Å². The van der Waals surface area contributed by atoms with E-state index in [1.54, 1.807) is 0 Å². The Kier molecular flexibility index (Phi) is 5.94. The van der Waals surface area contributed by atoms with Crippen LogP contribution >= 0.6 is 11.8 Å². The fourth-order valence-electron chi connectivity index (χ4n) is 3.03. The summed E-state index contributed by atoms with van der Waals surface area (Å²) in [4.78, 5) is 2.67. The Morgan fingerprint density at radius 1 is 1.35 bits per heavy atom. The van der Waals surface area contributed by atoms with E-state index >= 15 is 0 Å². The zero-order valence-electron chi connectivity index (χ0n) is 13.1. The Morgan fingerprint density at radius 3 is 2.80 bits per heavy atom. The highest BCUT2D eigenvalue weighted by Crippen LogP contribution is 2.25. The lowest BCUT2D eigenvalue weighted by Gasteiger charge is -2.37. The van der Waals surface area contributed by atoms with Crippen LogP contribution in [-0.4, -0.2) is 42.6 Å². The molecule has 0 amide bonds. The van der Waals surface area contributed by atoms with Crippen molar-refractivity contribution < 1.29 is 0 Å². The summed E-state index contributed by atoms with van der Waals surface area (Å²) in [5, 5.41) is 3.77. The van der Waals surface area contributed by atoms with Crippen molar-refractivity contribution in [2.45, 2.75) is 38.3 Å². The Hall–Kier alpha value is -0.510. The third-order valence-electron chi connectivity index (χ3n) is 4.43. The summed E-state index contributed by atoms with van der Waals surface area (Å²) >= 11 is 1.95. The standard InChI is InChI=1S/C17H28N2S/c1-15(10-13-20-3)19-12-7-11-18-17(2,14-19)16-8-5-4-6-9-16/h4-6,8-9,15,18H,7,10-14H2,1-3H3. The summed E-state index contributed by atoms with van der Waals surface area (Å²) in [7, 11) is 0. The molecule has 2 nitrogen and oxygen atoms in total. The van der Waals surface area contributed by atoms with E-state index in [1.807, 2.05) is 11.8 Å². The zero-order valence-corrected chi connectivity index (χ0v) is 13.9. The van der Waals surface area contributed by atoms with Crippen LogP contribution in [-0.2, 0) is 5.54 Å². The van der Waals surface area contributed by atoms with E-state index in [0.29, 0.717) is 6.04 Å². The molecule has 1 fully saturated rings. The monoisotopic (exact) mass is 292 g/mol. The molecule has 2 rings (SSSR count). The molecule has 2 unspecified atom stereocenters. The molecule has 112 valence electrons. The zero-order chi connectivity index (χ0) is 14.4. The second kappa shape index (κ2) is 7.48. The molecule has 1 N–H and O–H groups in total. The molecule has 1 saturated heterocycles. The van der Waals surface area contributed by atoms with Gasteiger partial charge in [0.1, 0.15) is 0 Å². The molecule has 1 aromatic rings. The lowest BCUT2D eigenvalue weighted by Crippen LogP contribution is -2.48. The SMILES string of the molecule is CSCCC(C)N1CCCNC(C)(c2ccccc2)C1. The highest BCUT2D eigenvalue weighted by Gasteiger charge is 2.32. The quantitative estimate of drug-likeness (QED) is 0.896. The minimum atomic E-state index is 0.0748. The lowest BCUT2D eigenvalue weighted by molar-refractivity contribution is 0.169. The average molecular weight is 292 g/mol. The Morgan fingerprint density at radius 2 is 2.10 bits per heavy atom. The van der Waals surface area contributed by atoms with Gasteiger partial charge in [0.05, 0.1) is 5.54 Å². The Balaban J connectivity index is 2.10. The predicted molar refractivity (Wildman–Crippen MR) is 90.4 cm³/mol. The van der Waals surface area contributed by atoms with Crippen LogP contribution in [0.4, 0.5) is 0 Å². The third kappa shape index (κ3) is 4.00. The smallest absolute Gasteiger partial charge is 0.0535 e. The normalized spacial score (nSPS) is 26.1. The summed E-state index contributed by atoms with van der Waals surface area (Å²) < 4.78 is 0. The topological polar surface area (TPSA) is 15.3 Å². The minimum absolute atomic E-state index is 0.0748. The maximum absolute atomic E-state index is 3.77. The van der Waals surface area contributed by atoms with Gasteiger partial charge in [0.15, 0.2) is 0 Å². The van der Waals surface area contributed by atoms with E-state index in [2.05, 4.69) is 60.7 Å². The first kappa shape index (κ1) is 15.9. The fourth-order valence-corrected chi connectivity index (χ4v) is 3.61. The molecule has 0 aliphatic carbocycles. The maximum atomic E-state index is 3.77. The molecule has 20 heavy (non-hydrogen) atoms. The summed E-state index contributed by atoms with van der Waals surface area (Å²) in [6, 6.07) is 11.6. The van der Waals surface area contributed by atoms with Gasteiger partial charge >= 0.3 is 0 Å². The summed E-state index contributed by atoms with van der Waals surface area (Å²) in [5.41, 5.74) is 1.48. The molecular weight excluding hydrogens is 264 g/mol. The molecule has 0 bridgehead atoms. The van der Waals surface area contributed by atoms with E-state index in [9.17, 15) is 0 Å². The van der Waals surface area contributed by atoms with Crippen LogP contribution in [0.1, 0.15) is 32.3 Å². The van der Waals surface area contributed by atoms with Crippen molar-refractivity contribution in [2.24, 2.45) is 0 Å². The van der Waals surface area contributed by atoms with Crippen molar-refractivity contribution >= 4 is 11.8 Å². The van der Waals surface area contributed by atoms with Gasteiger partial charge in [-0.15, -0.1) is 0 Å². The van der Waals surface area contributed by atoms with Gasteiger partial charge in [-0.05, 0) is 57.4 Å². The molecule has 3 heteroatoms. The van der Waals surface area contributed by atoms with E-state index in [-0.39, 0.29) is 5.54 Å². The number of thioether (sulfide) groups is 1. The van der Waals surface area contributed by atoms with E-state index in [4.69, 9.17) is 0 Å². The minimum Gasteiger partial charge on any atom is -0.307 e. The highest BCUT2D eigenvalue weighted by molar-refractivity contribution is 7.98. The number of hydrogen-bond acceptors (Lipinski definition) is 3. The second-order valence-electron chi connectivity index (χ2n) is 6.08. The van der Waals surface area contributed by atoms with Crippen molar-refractivity contribution in [1.29, 1.82) is 0 Å². The number of nitrogens with one attached hydrogen (secondary N) is 1. The van der Waals surface area contributed by atoms with Gasteiger partial charge in [0.25, 0.3) is 0 Å². The Bertz CT molecular complexity index is 395. The first-order valence-electron chi connectivity index (χ1n) is 7.69. The maximum Gasteiger partial charge on any atom is 0.0535 e. The molecule has 1 aliphatic rings. The number of nitrogens with zero attached hydrogens (tertiary/aromatic N) is 1. The van der Waals surface area contributed by atoms with Gasteiger partial charge in [-0.2, -0.15) is 11.8 Å². The molecule has 0 aromatic heterocycles. The van der Waals surface area contributed by atoms with E-state index in [1.165, 1.54) is 30.7 Å². The number of benzene rings is 1. The third-order valence-corrected chi connectivity index (χ3v) is 5.07. The van der Waals surface area contributed by atoms with Crippen LogP contribution in [0.2, 0.25) is 0 Å². The molecule has 0 saturated carbocycles. The van der Waals surface area contributed by atoms with Crippen LogP contribution in [0.25, 0.3) is 0 Å². The van der Waals surface area contributed by atoms with Crippen molar-refractivity contribution in [3.05, 3.63) is 35.9 Å². The lowest BCUT2D eigenvalue weighted by atomic mass is 9.91. The van der Waals surface area contributed by atoms with Crippen molar-refractivity contribution in [2.75, 3.05) is 31.6 Å². The van der Waals surface area contributed by atoms with Crippen LogP contribution in [0, 0.1) is 0 Å². The molecule has 2 atom stereocenters. The van der Waals surface area contributed by atoms with Crippen molar-refractivity contribution in [1.82, 2.24) is 10.2 Å². The molecule has 0 spiro atoms. The second-order valence-corrected chi connectivity index (χ2v) is 7.07. The van der Waals surface area contributed by atoms with E-state index in [0.717, 1.165) is 13.1 Å². The summed E-state index contributed by atoms with van der Waals surface area (Å²) in [6.07, 6.45) is 4.73. The number of rotatable bonds is 5. The van der Waals surface area contributed by atoms with Crippen LogP contribution in [0.3, 0.4) is 0 Å². The van der Waals surface area contributed by atoms with Gasteiger partial charge < -0.3 is 5.32 Å². The predicted octanol–water partition coefficient (Wildman–Crippen LogP) is 3.34. The van der Waals surface area contributed by atoms with Crippen molar-refractivity contribution in [3.8, 4) is 0 Å². The first-order chi connectivity index (χ1) is 9.65. The highest BCUT2D eigenvalue weighted by atomic mass is 32.2. The number of hydrogen-bond donors (Lipinski definition) is 1. The van der Waals surface area contributed by atoms with Crippen LogP contribution in [0.5, 0.6) is 0 Å². The van der Waals surface area contributed by atoms with Gasteiger partial charge in [0, 0.05) is 12.6 Å². The van der Waals surface area contributed by atoms with Crippen LogP contribution in [0.15, 0.2) is 30.3 Å². The largest absolute Gasteiger partial charge is 0.307 e. The van der Waals surface area contributed by atoms with Gasteiger partial charge in [-0.3, -0.25) is 4.90 Å². The molecular formula is C17H28N2S. The molecule has 1 heterocycles. The van der Waals surface area contributed by atoms with E-state index < -0.39 is 0 Å². The molecule has 0 radical (unpaired) electrons. The Labute approximate surface area is 128 Å². The average Bonchev–Trinajstić information content (AvgIpc) is 2.69. The summed E-state index contributed by atoms with van der Waals surface area (Å²) in [6.45, 7) is 8.16. The molecule has 1 aliphatic heterocycles. The molecule has 1 aromatic carbocycles. The fraction of sp³-hybridized carbons (Fsp3) is 0.647. The first-order valence-corrected chi connectivity index (χ1v) is 9.08. The van der Waals surface area contributed by atoms with Gasteiger partial charge in [-0.25, -0.2) is 0 Å². The van der Waals surface area contributed by atoms with Crippen LogP contribution < -0.4 is 5.32 Å². The summed E-state index contributed by atoms with van der Waals surface area (Å²) in [5.74, 6) is 1.26. The van der Waals surface area contributed by atoms with Gasteiger partial charge in [-0.1, -0.05) is 30.3 Å².